The van der Waals surface area contributed by atoms with Crippen molar-refractivity contribution >= 4 is 12.1 Å². The first-order valence-corrected chi connectivity index (χ1v) is 6.87. The zero-order valence-electron chi connectivity index (χ0n) is 12.0. The van der Waals surface area contributed by atoms with Crippen molar-refractivity contribution in [2.45, 2.75) is 13.0 Å². The van der Waals surface area contributed by atoms with Crippen molar-refractivity contribution in [1.82, 2.24) is 15.3 Å². The first-order chi connectivity index (χ1) is 11.1. The van der Waals surface area contributed by atoms with Gasteiger partial charge in [-0.3, -0.25) is 4.79 Å². The number of hydrogen-bond donors (Lipinski definition) is 2. The lowest BCUT2D eigenvalue weighted by molar-refractivity contribution is 0.0944. The number of nitrogens with one attached hydrogen (secondary N) is 1. The second-order valence-corrected chi connectivity index (χ2v) is 4.83. The summed E-state index contributed by atoms with van der Waals surface area (Å²) in [6.45, 7) is 1.00. The molecule has 0 saturated heterocycles. The monoisotopic (exact) mass is 315 g/mol. The number of hydrogen-bond acceptors (Lipinski definition) is 6. The van der Waals surface area contributed by atoms with Crippen LogP contribution in [0.3, 0.4) is 0 Å². The van der Waals surface area contributed by atoms with E-state index < -0.39 is 12.1 Å². The highest BCUT2D eigenvalue weighted by Gasteiger charge is 2.14. The molecule has 3 rings (SSSR count). The molecule has 8 nitrogen and oxygen atoms in total. The minimum absolute atomic E-state index is 0.0285. The van der Waals surface area contributed by atoms with Crippen molar-refractivity contribution in [2.75, 3.05) is 6.61 Å². The highest BCUT2D eigenvalue weighted by Crippen LogP contribution is 2.25. The Hall–Kier alpha value is -3.16. The summed E-state index contributed by atoms with van der Waals surface area (Å²) in [5, 5.41) is 11.2. The van der Waals surface area contributed by atoms with E-state index in [0.717, 1.165) is 29.6 Å². The zero-order chi connectivity index (χ0) is 16.2. The van der Waals surface area contributed by atoms with E-state index in [1.54, 1.807) is 0 Å². The van der Waals surface area contributed by atoms with Gasteiger partial charge in [0.25, 0.3) is 5.91 Å². The number of carbonyl (C=O) groups is 2. The molecule has 0 bridgehead atoms. The van der Waals surface area contributed by atoms with Crippen molar-refractivity contribution in [3.63, 3.8) is 0 Å². The quantitative estimate of drug-likeness (QED) is 0.820. The van der Waals surface area contributed by atoms with Gasteiger partial charge in [0.1, 0.15) is 17.8 Å². The average Bonchev–Trinajstić information content (AvgIpc) is 3.00. The van der Waals surface area contributed by atoms with Crippen molar-refractivity contribution in [2.24, 2.45) is 0 Å². The molecule has 1 aliphatic heterocycles. The van der Waals surface area contributed by atoms with E-state index in [1.165, 1.54) is 6.07 Å². The Kier molecular flexibility index (Phi) is 4.05. The highest BCUT2D eigenvalue weighted by molar-refractivity contribution is 5.92. The molecule has 2 heterocycles. The zero-order valence-corrected chi connectivity index (χ0v) is 12.0. The molecule has 23 heavy (non-hydrogen) atoms. The lowest BCUT2D eigenvalue weighted by atomic mass is 10.1. The molecule has 1 aromatic carbocycles. The van der Waals surface area contributed by atoms with E-state index in [0.29, 0.717) is 13.2 Å². The van der Waals surface area contributed by atoms with Gasteiger partial charge in [-0.25, -0.2) is 14.8 Å². The van der Waals surface area contributed by atoms with Gasteiger partial charge >= 0.3 is 6.16 Å². The number of nitrogens with zero attached hydrogens (tertiary/aromatic N) is 2. The molecule has 2 N–H and O–H groups in total. The van der Waals surface area contributed by atoms with Gasteiger partial charge < -0.3 is 19.9 Å². The van der Waals surface area contributed by atoms with Crippen LogP contribution in [-0.2, 0) is 13.0 Å². The van der Waals surface area contributed by atoms with Gasteiger partial charge in [0, 0.05) is 19.0 Å². The topological polar surface area (TPSA) is 111 Å². The number of benzene rings is 1. The number of rotatable bonds is 4. The van der Waals surface area contributed by atoms with Crippen molar-refractivity contribution < 1.29 is 24.2 Å². The van der Waals surface area contributed by atoms with E-state index in [-0.39, 0.29) is 11.6 Å². The van der Waals surface area contributed by atoms with Crippen LogP contribution in [0.5, 0.6) is 11.6 Å². The summed E-state index contributed by atoms with van der Waals surface area (Å²) in [6.07, 6.45) is 0.425. The molecular formula is C15H13N3O5. The first kappa shape index (κ1) is 14.8. The van der Waals surface area contributed by atoms with Gasteiger partial charge in [-0.05, 0) is 17.2 Å². The largest absolute Gasteiger partial charge is 0.512 e. The Morgan fingerprint density at radius 3 is 3.00 bits per heavy atom. The third-order valence-corrected chi connectivity index (χ3v) is 3.27. The second-order valence-electron chi connectivity index (χ2n) is 4.83. The summed E-state index contributed by atoms with van der Waals surface area (Å²) in [6, 6.07) is 6.91. The van der Waals surface area contributed by atoms with Crippen LogP contribution in [0.2, 0.25) is 0 Å². The molecule has 1 aliphatic rings. The van der Waals surface area contributed by atoms with Crippen LogP contribution in [0.15, 0.2) is 30.6 Å². The Morgan fingerprint density at radius 1 is 1.30 bits per heavy atom. The van der Waals surface area contributed by atoms with Crippen LogP contribution < -0.4 is 14.8 Å². The fraction of sp³-hybridized carbons (Fsp3) is 0.200. The van der Waals surface area contributed by atoms with Crippen LogP contribution >= 0.6 is 0 Å². The smallest absolute Gasteiger partial charge is 0.493 e. The average molecular weight is 315 g/mol. The summed E-state index contributed by atoms with van der Waals surface area (Å²) < 4.78 is 9.82. The van der Waals surface area contributed by atoms with Crippen molar-refractivity contribution in [3.05, 3.63) is 47.4 Å². The van der Waals surface area contributed by atoms with Gasteiger partial charge in [-0.2, -0.15) is 0 Å². The maximum atomic E-state index is 12.1. The van der Waals surface area contributed by atoms with E-state index in [2.05, 4.69) is 20.0 Å². The van der Waals surface area contributed by atoms with Crippen LogP contribution in [0.1, 0.15) is 21.6 Å². The third-order valence-electron chi connectivity index (χ3n) is 3.27. The predicted molar refractivity (Wildman–Crippen MR) is 77.5 cm³/mol. The Bertz CT molecular complexity index is 763. The standard InChI is InChI=1S/C15H13N3O5/c19-14(11-6-13(18-8-17-11)23-15(20)21)16-7-9-1-2-12-10(5-9)3-4-22-12/h1-2,5-6,8H,3-4,7H2,(H,16,19)(H,20,21). The summed E-state index contributed by atoms with van der Waals surface area (Å²) >= 11 is 0. The van der Waals surface area contributed by atoms with Gasteiger partial charge in [0.2, 0.25) is 5.88 Å². The van der Waals surface area contributed by atoms with Gasteiger partial charge in [0.15, 0.2) is 0 Å². The highest BCUT2D eigenvalue weighted by atomic mass is 16.7. The Labute approximate surface area is 131 Å². The van der Waals surface area contributed by atoms with Crippen LogP contribution in [0, 0.1) is 0 Å². The molecule has 0 fully saturated rings. The summed E-state index contributed by atoms with van der Waals surface area (Å²) in [7, 11) is 0. The van der Waals surface area contributed by atoms with Gasteiger partial charge in [-0.15, -0.1) is 0 Å². The maximum Gasteiger partial charge on any atom is 0.512 e. The molecule has 1 aromatic heterocycles. The lowest BCUT2D eigenvalue weighted by Crippen LogP contribution is -2.24. The molecule has 0 atom stereocenters. The summed E-state index contributed by atoms with van der Waals surface area (Å²) in [4.78, 5) is 29.9. The van der Waals surface area contributed by atoms with Crippen molar-refractivity contribution in [3.8, 4) is 11.6 Å². The number of fused-ring (bicyclic) bond motifs is 1. The van der Waals surface area contributed by atoms with E-state index in [4.69, 9.17) is 9.84 Å². The molecule has 0 spiro atoms. The normalized spacial score (nSPS) is 12.2. The molecule has 0 unspecified atom stereocenters. The Balaban J connectivity index is 1.64. The molecule has 2 aromatic rings. The number of aromatic nitrogens is 2. The molecule has 118 valence electrons. The minimum Gasteiger partial charge on any atom is -0.493 e. The lowest BCUT2D eigenvalue weighted by Gasteiger charge is -2.07. The van der Waals surface area contributed by atoms with Crippen LogP contribution in [0.4, 0.5) is 4.79 Å². The molecule has 8 heteroatoms. The maximum absolute atomic E-state index is 12.1. The molecule has 0 saturated carbocycles. The molecule has 0 aliphatic carbocycles. The van der Waals surface area contributed by atoms with E-state index in [9.17, 15) is 9.59 Å². The summed E-state index contributed by atoms with van der Waals surface area (Å²) in [5.74, 6) is 0.234. The molecule has 0 radical (unpaired) electrons. The fourth-order valence-electron chi connectivity index (χ4n) is 2.23. The fourth-order valence-corrected chi connectivity index (χ4v) is 2.23. The van der Waals surface area contributed by atoms with E-state index in [1.807, 2.05) is 18.2 Å². The molecular weight excluding hydrogens is 302 g/mol. The van der Waals surface area contributed by atoms with Crippen LogP contribution in [-0.4, -0.2) is 33.7 Å². The van der Waals surface area contributed by atoms with Crippen molar-refractivity contribution in [1.29, 1.82) is 0 Å². The minimum atomic E-state index is -1.50. The summed E-state index contributed by atoms with van der Waals surface area (Å²) in [5.41, 5.74) is 2.09. The van der Waals surface area contributed by atoms with Gasteiger partial charge in [0.05, 0.1) is 6.61 Å². The third kappa shape index (κ3) is 3.54. The Morgan fingerprint density at radius 2 is 2.17 bits per heavy atom. The van der Waals surface area contributed by atoms with Crippen LogP contribution in [0.25, 0.3) is 0 Å². The number of ether oxygens (including phenoxy) is 2. The first-order valence-electron chi connectivity index (χ1n) is 6.87. The van der Waals surface area contributed by atoms with E-state index >= 15 is 0 Å². The predicted octanol–water partition coefficient (Wildman–Crippen LogP) is 1.40. The van der Waals surface area contributed by atoms with Gasteiger partial charge in [-0.1, -0.05) is 12.1 Å². The number of amides is 1. The number of carboxylic acid groups (broad SMARTS) is 1. The second kappa shape index (κ2) is 6.30. The SMILES string of the molecule is O=C(O)Oc1cc(C(=O)NCc2ccc3c(c2)CCO3)ncn1. The molecule has 1 amide bonds. The number of carbonyl (C=O) groups excluding carboxylic acids is 1.